The Balaban J connectivity index is 2.15. The van der Waals surface area contributed by atoms with Crippen LogP contribution in [0.25, 0.3) is 11.0 Å². The summed E-state index contributed by atoms with van der Waals surface area (Å²) in [6.45, 7) is 9.54. The monoisotopic (exact) mass is 378 g/mol. The zero-order chi connectivity index (χ0) is 18.9. The molecule has 0 fully saturated rings. The fraction of sp³-hybridized carbons (Fsp3) is 0.667. The van der Waals surface area contributed by atoms with Crippen LogP contribution in [-0.2, 0) is 11.3 Å². The Labute approximate surface area is 159 Å². The number of nitrogens with one attached hydrogen (secondary N) is 2. The van der Waals surface area contributed by atoms with Gasteiger partial charge in [-0.3, -0.25) is 4.79 Å². The van der Waals surface area contributed by atoms with Crippen LogP contribution in [0.5, 0.6) is 0 Å². The van der Waals surface area contributed by atoms with Crippen molar-refractivity contribution in [2.45, 2.75) is 71.1 Å². The molecular weight excluding hydrogens is 348 g/mol. The Morgan fingerprint density at radius 3 is 2.77 bits per heavy atom. The van der Waals surface area contributed by atoms with E-state index in [2.05, 4.69) is 53.4 Å². The molecule has 0 atom stereocenters. The predicted octanol–water partition coefficient (Wildman–Crippen LogP) is 3.46. The van der Waals surface area contributed by atoms with Crippen molar-refractivity contribution in [3.8, 4) is 0 Å². The highest BCUT2D eigenvalue weighted by atomic mass is 32.2. The van der Waals surface area contributed by atoms with Gasteiger partial charge in [-0.25, -0.2) is 14.6 Å². The topological polar surface area (TPSA) is 84.7 Å². The van der Waals surface area contributed by atoms with Crippen LogP contribution in [-0.4, -0.2) is 44.0 Å². The van der Waals surface area contributed by atoms with E-state index in [1.165, 1.54) is 0 Å². The summed E-state index contributed by atoms with van der Waals surface area (Å²) < 4.78 is 1.85. The van der Waals surface area contributed by atoms with Crippen molar-refractivity contribution in [3.63, 3.8) is 0 Å². The smallest absolute Gasteiger partial charge is 0.220 e. The van der Waals surface area contributed by atoms with Gasteiger partial charge in [-0.15, -0.1) is 0 Å². The van der Waals surface area contributed by atoms with Crippen LogP contribution in [0.1, 0.15) is 53.4 Å². The number of aromatic nitrogens is 4. The van der Waals surface area contributed by atoms with Gasteiger partial charge in [0, 0.05) is 24.8 Å². The van der Waals surface area contributed by atoms with E-state index in [9.17, 15) is 4.79 Å². The molecule has 2 aromatic heterocycles. The molecule has 2 N–H and O–H groups in total. The highest BCUT2D eigenvalue weighted by Gasteiger charge is 2.14. The van der Waals surface area contributed by atoms with Crippen molar-refractivity contribution in [2.24, 2.45) is 0 Å². The lowest BCUT2D eigenvalue weighted by atomic mass is 10.2. The predicted molar refractivity (Wildman–Crippen MR) is 108 cm³/mol. The van der Waals surface area contributed by atoms with Crippen LogP contribution in [0, 0.1) is 0 Å². The molecule has 0 unspecified atom stereocenters. The zero-order valence-corrected chi connectivity index (χ0v) is 17.0. The highest BCUT2D eigenvalue weighted by molar-refractivity contribution is 7.99. The summed E-state index contributed by atoms with van der Waals surface area (Å²) in [5, 5.41) is 12.5. The first kappa shape index (κ1) is 20.5. The van der Waals surface area contributed by atoms with Gasteiger partial charge in [0.15, 0.2) is 10.8 Å². The van der Waals surface area contributed by atoms with Crippen molar-refractivity contribution < 1.29 is 4.79 Å². The van der Waals surface area contributed by atoms with Gasteiger partial charge in [-0.05, 0) is 26.7 Å². The Morgan fingerprint density at radius 2 is 2.08 bits per heavy atom. The lowest BCUT2D eigenvalue weighted by Gasteiger charge is -2.12. The molecule has 0 aromatic carbocycles. The van der Waals surface area contributed by atoms with Crippen molar-refractivity contribution >= 4 is 34.5 Å². The van der Waals surface area contributed by atoms with Crippen LogP contribution < -0.4 is 10.6 Å². The molecule has 0 spiro atoms. The van der Waals surface area contributed by atoms with Crippen LogP contribution in [0.2, 0.25) is 0 Å². The minimum atomic E-state index is 0.0966. The summed E-state index contributed by atoms with van der Waals surface area (Å²) in [6.07, 6.45) is 5.40. The van der Waals surface area contributed by atoms with E-state index in [0.717, 1.165) is 47.0 Å². The Bertz CT molecular complexity index is 715. The first-order chi connectivity index (χ1) is 12.5. The Morgan fingerprint density at radius 1 is 1.27 bits per heavy atom. The molecule has 2 rings (SSSR count). The van der Waals surface area contributed by atoms with E-state index >= 15 is 0 Å². The van der Waals surface area contributed by atoms with E-state index in [0.29, 0.717) is 19.5 Å². The first-order valence-electron chi connectivity index (χ1n) is 9.44. The van der Waals surface area contributed by atoms with E-state index in [-0.39, 0.29) is 11.9 Å². The summed E-state index contributed by atoms with van der Waals surface area (Å²) in [6, 6.07) is 0.276. The third kappa shape index (κ3) is 5.86. The van der Waals surface area contributed by atoms with Gasteiger partial charge in [0.1, 0.15) is 5.82 Å². The minimum absolute atomic E-state index is 0.0966. The fourth-order valence-electron chi connectivity index (χ4n) is 2.47. The zero-order valence-electron chi connectivity index (χ0n) is 16.2. The van der Waals surface area contributed by atoms with E-state index in [1.807, 2.05) is 4.68 Å². The summed E-state index contributed by atoms with van der Waals surface area (Å²) in [5.41, 5.74) is 0.810. The highest BCUT2D eigenvalue weighted by Crippen LogP contribution is 2.25. The van der Waals surface area contributed by atoms with Crippen molar-refractivity contribution in [1.82, 2.24) is 25.1 Å². The van der Waals surface area contributed by atoms with Crippen molar-refractivity contribution in [2.75, 3.05) is 17.6 Å². The second kappa shape index (κ2) is 10.4. The number of nitrogens with zero attached hydrogens (tertiary/aromatic N) is 4. The lowest BCUT2D eigenvalue weighted by Crippen LogP contribution is -2.27. The molecular formula is C18H30N6OS. The number of thioether (sulfide) groups is 1. The van der Waals surface area contributed by atoms with Gasteiger partial charge in [0.2, 0.25) is 5.91 Å². The average molecular weight is 379 g/mol. The normalized spacial score (nSPS) is 11.3. The summed E-state index contributed by atoms with van der Waals surface area (Å²) in [4.78, 5) is 21.1. The van der Waals surface area contributed by atoms with Gasteiger partial charge < -0.3 is 10.6 Å². The number of carbonyl (C=O) groups is 1. The van der Waals surface area contributed by atoms with Gasteiger partial charge in [-0.2, -0.15) is 5.10 Å². The maximum Gasteiger partial charge on any atom is 0.220 e. The second-order valence-corrected chi connectivity index (χ2v) is 7.62. The van der Waals surface area contributed by atoms with Crippen LogP contribution in [0.15, 0.2) is 11.4 Å². The summed E-state index contributed by atoms with van der Waals surface area (Å²) in [7, 11) is 0. The van der Waals surface area contributed by atoms with Gasteiger partial charge in [0.05, 0.1) is 18.1 Å². The van der Waals surface area contributed by atoms with Crippen LogP contribution >= 0.6 is 11.8 Å². The third-order valence-corrected chi connectivity index (χ3v) is 4.79. The lowest BCUT2D eigenvalue weighted by molar-refractivity contribution is -0.121. The summed E-state index contributed by atoms with van der Waals surface area (Å²) >= 11 is 1.65. The quantitative estimate of drug-likeness (QED) is 0.460. The average Bonchev–Trinajstić information content (AvgIpc) is 3.01. The molecule has 0 saturated heterocycles. The number of hydrogen-bond donors (Lipinski definition) is 2. The van der Waals surface area contributed by atoms with Crippen LogP contribution in [0.4, 0.5) is 5.82 Å². The largest absolute Gasteiger partial charge is 0.367 e. The molecule has 0 aliphatic heterocycles. The number of hydrogen-bond acceptors (Lipinski definition) is 6. The number of carbonyl (C=O) groups excluding carboxylic acids is 1. The second-order valence-electron chi connectivity index (χ2n) is 6.56. The number of unbranched alkanes of at least 4 members (excludes halogenated alkanes) is 1. The summed E-state index contributed by atoms with van der Waals surface area (Å²) in [5.74, 6) is 1.90. The molecule has 0 saturated carbocycles. The standard InChI is InChI=1S/C18H30N6OS/c1-5-7-8-15(25)19-9-10-24-17-14(12-20-24)16(21-13(3)4)22-18(23-17)26-11-6-2/h12-13H,5-11H2,1-4H3,(H,19,25)(H,21,22,23). The van der Waals surface area contributed by atoms with E-state index in [1.54, 1.807) is 18.0 Å². The molecule has 8 heteroatoms. The molecule has 0 bridgehead atoms. The minimum Gasteiger partial charge on any atom is -0.367 e. The van der Waals surface area contributed by atoms with Gasteiger partial charge in [0.25, 0.3) is 0 Å². The molecule has 144 valence electrons. The SMILES string of the molecule is CCCCC(=O)NCCn1ncc2c(NC(C)C)nc(SCCC)nc21. The number of fused-ring (bicyclic) bond motifs is 1. The molecule has 26 heavy (non-hydrogen) atoms. The maximum atomic E-state index is 11.8. The van der Waals surface area contributed by atoms with Crippen molar-refractivity contribution in [3.05, 3.63) is 6.20 Å². The van der Waals surface area contributed by atoms with Gasteiger partial charge in [-0.1, -0.05) is 32.0 Å². The molecule has 2 aromatic rings. The third-order valence-electron chi connectivity index (χ3n) is 3.74. The van der Waals surface area contributed by atoms with Gasteiger partial charge >= 0.3 is 0 Å². The molecule has 0 radical (unpaired) electrons. The van der Waals surface area contributed by atoms with Crippen molar-refractivity contribution in [1.29, 1.82) is 0 Å². The number of rotatable bonds is 11. The first-order valence-corrected chi connectivity index (χ1v) is 10.4. The molecule has 1 amide bonds. The number of amides is 1. The van der Waals surface area contributed by atoms with E-state index < -0.39 is 0 Å². The molecule has 0 aliphatic carbocycles. The maximum absolute atomic E-state index is 11.8. The van der Waals surface area contributed by atoms with Crippen LogP contribution in [0.3, 0.4) is 0 Å². The fourth-order valence-corrected chi connectivity index (χ4v) is 3.16. The number of anilines is 1. The molecule has 2 heterocycles. The molecule has 7 nitrogen and oxygen atoms in total. The molecule has 0 aliphatic rings. The Hall–Kier alpha value is -1.83. The van der Waals surface area contributed by atoms with E-state index in [4.69, 9.17) is 0 Å². The Kier molecular flexibility index (Phi) is 8.15.